The molecule has 7 nitrogen and oxygen atoms in total. The Bertz CT molecular complexity index is 5550. The van der Waals surface area contributed by atoms with Crippen LogP contribution in [0.15, 0.2) is 292 Å². The molecule has 7 aromatic heterocycles. The van der Waals surface area contributed by atoms with E-state index in [9.17, 15) is 0 Å². The van der Waals surface area contributed by atoms with Crippen molar-refractivity contribution in [3.8, 4) is 0 Å². The Morgan fingerprint density at radius 1 is 0.200 bits per heavy atom. The van der Waals surface area contributed by atoms with Crippen LogP contribution in [-0.2, 0) is 0 Å². The fraction of sp³-hybridized carbons (Fsp3) is 0.0568. The average Bonchev–Trinajstić information content (AvgIpc) is 0.773. The number of pyridine rings is 7. The van der Waals surface area contributed by atoms with Gasteiger partial charge in [0.2, 0.25) is 0 Å². The van der Waals surface area contributed by atoms with Crippen LogP contribution in [0.3, 0.4) is 0 Å². The van der Waals surface area contributed by atoms with Gasteiger partial charge in [-0.1, -0.05) is 216 Å². The van der Waals surface area contributed by atoms with Crippen LogP contribution < -0.4 is 0 Å². The summed E-state index contributed by atoms with van der Waals surface area (Å²) in [7, 11) is 0. The largest absolute Gasteiger partial charge is 0.264 e. The zero-order valence-electron chi connectivity index (χ0n) is 86.9. The van der Waals surface area contributed by atoms with E-state index in [1.165, 1.54) is 80.8 Å². The monoisotopic (exact) mass is 1280 g/mol. The molecule has 0 fully saturated rings. The quantitative estimate of drug-likeness (QED) is 0.140. The summed E-state index contributed by atoms with van der Waals surface area (Å²) in [6.45, 7) is 1.51. The number of nitrogens with zero attached hydrogens (tertiary/aromatic N) is 7. The summed E-state index contributed by atoms with van der Waals surface area (Å²) in [5.74, 6) is 0. The second-order valence-electron chi connectivity index (χ2n) is 23.9. The number of aryl methyl sites for hydroxylation is 5. The van der Waals surface area contributed by atoms with Gasteiger partial charge in [-0.3, -0.25) is 34.9 Å². The first kappa shape index (κ1) is 39.9. The normalized spacial score (nSPS) is 13.4. The van der Waals surface area contributed by atoms with Crippen molar-refractivity contribution in [2.24, 2.45) is 0 Å². The van der Waals surface area contributed by atoms with Gasteiger partial charge in [0.05, 0.1) is 27.6 Å². The van der Waals surface area contributed by atoms with Gasteiger partial charge in [-0.2, -0.15) is 0 Å². The molecule has 0 atom stereocenters. The van der Waals surface area contributed by atoms with Crippen molar-refractivity contribution in [2.75, 3.05) is 0 Å². The Morgan fingerprint density at radius 2 is 0.432 bits per heavy atom. The zero-order valence-corrected chi connectivity index (χ0v) is 51.9. The molecular weight excluding hydrogens is 1160 g/mol. The number of rotatable bonds is 0. The minimum atomic E-state index is 0.294. The Balaban J connectivity index is 0.000000756. The number of hydrogen-bond acceptors (Lipinski definition) is 7. The summed E-state index contributed by atoms with van der Waals surface area (Å²) in [6.07, 6.45) is 16.6. The van der Waals surface area contributed by atoms with Gasteiger partial charge in [0.25, 0.3) is 0 Å². The predicted molar refractivity (Wildman–Crippen MR) is 435 cm³/mol. The van der Waals surface area contributed by atoms with E-state index >= 15 is 0 Å². The van der Waals surface area contributed by atoms with Crippen LogP contribution in [0, 0.1) is 34.5 Å². The maximum absolute atomic E-state index is 7.57. The second-order valence-corrected chi connectivity index (χ2v) is 23.9. The lowest BCUT2D eigenvalue weighted by atomic mass is 9.94. The number of hydrogen-bond donors (Lipinski definition) is 0. The fourth-order valence-electron chi connectivity index (χ4n) is 13.8. The van der Waals surface area contributed by atoms with Crippen LogP contribution in [0.25, 0.3) is 162 Å². The molecule has 13 aromatic carbocycles. The van der Waals surface area contributed by atoms with Crippen LogP contribution >= 0.6 is 0 Å². The van der Waals surface area contributed by atoms with Crippen molar-refractivity contribution in [3.63, 3.8) is 0 Å². The van der Waals surface area contributed by atoms with Crippen molar-refractivity contribution in [1.82, 2.24) is 34.9 Å². The molecule has 20 aromatic rings. The van der Waals surface area contributed by atoms with Crippen molar-refractivity contribution in [3.05, 3.63) is 320 Å². The summed E-state index contributed by atoms with van der Waals surface area (Å²) in [4.78, 5) is 31.2. The van der Waals surface area contributed by atoms with Gasteiger partial charge < -0.3 is 0 Å². The lowest BCUT2D eigenvalue weighted by Gasteiger charge is -2.10. The highest BCUT2D eigenvalue weighted by atomic mass is 14.7. The highest BCUT2D eigenvalue weighted by Gasteiger charge is 2.14. The second kappa shape index (κ2) is 24.5. The Morgan fingerprint density at radius 3 is 0.832 bits per heavy atom. The smallest absolute Gasteiger partial charge is 0.0970 e. The summed E-state index contributed by atoms with van der Waals surface area (Å²) in [5.41, 5.74) is 10.1. The summed E-state index contributed by atoms with van der Waals surface area (Å²) >= 11 is 0. The third-order valence-corrected chi connectivity index (χ3v) is 18.1. The molecule has 7 heteroatoms. The van der Waals surface area contributed by atoms with E-state index in [-0.39, 0.29) is 0 Å². The van der Waals surface area contributed by atoms with Crippen LogP contribution in [-0.4, -0.2) is 34.9 Å². The SMILES string of the molecule is [2H]Cc1ccc2c(c1)c1cccnc1c1cnccc21.[2H]Cc1ccc2c(c1)c1cccnc1c1ncccc21.[2H]Cc1ccc2c3ccccc3c3cccnc3c2c1.[2H]Cc1ccc2c3ccccc3c3ccncc3c2c1.[2H]Cc1ccc2c3ccccc3c3ncccc3c2c1.[2H][2H].[2H][2H].[2H][2H].[2H][2H].[2H][2H].[2H][2H].[2H][2H].[2H][2H].[2H][2H].[2H][2H].[2H][2H].[2H][2H].[2H][2H].[2H][2H].[2H][2H]. The standard InChI is InChI=1S/3C18H13N.2C17H12N2.15H2/c1-12-8-9-14-13-5-2-3-6-15(13)18-16(17(14)11-12)7-4-10-19-18;1-12-8-9-15-13-5-2-3-6-14(13)16-7-4-10-19-18(16)17(15)11-12;1-12-6-7-15-13-4-2-3-5-14(13)16-8-9-19-11-18(16)17(15)10-12;1-11-6-7-12-13-4-2-8-18-16(13)17-14(15(12)10-11)5-3-9-19-17;1-11-4-5-12-13-6-8-18-10-16(13)17-14(15(12)9-11)3-2-7-19-17;;;;;;;;;;;;;;;/h3*2-11H,1H3;2*2-10H,1H3;15*1H/i5*1D;15*1+1D. The van der Waals surface area contributed by atoms with Crippen LogP contribution in [0.4, 0.5) is 0 Å². The first-order valence-electron chi connectivity index (χ1n) is 50.0. The molecule has 480 valence electrons. The van der Waals surface area contributed by atoms with Crippen LogP contribution in [0.2, 0.25) is 0 Å². The molecule has 0 aliphatic heterocycles. The van der Waals surface area contributed by atoms with E-state index in [0.717, 1.165) is 109 Å². The molecule has 0 N–H and O–H groups in total. The Hall–Kier alpha value is -12.2. The zero-order chi connectivity index (χ0) is 97.6. The molecule has 0 bridgehead atoms. The highest BCUT2D eigenvalue weighted by Crippen LogP contribution is 2.39. The summed E-state index contributed by atoms with van der Waals surface area (Å²) in [5, 5.41) is 29.6. The number of fused-ring (bicyclic) bond motifs is 30. The van der Waals surface area contributed by atoms with E-state index in [1.54, 1.807) is 12.4 Å². The molecule has 0 aliphatic carbocycles. The minimum absolute atomic E-state index is 0.294. The van der Waals surface area contributed by atoms with Crippen LogP contribution in [0.5, 0.6) is 0 Å². The van der Waals surface area contributed by atoms with E-state index in [4.69, 9.17) is 51.4 Å². The van der Waals surface area contributed by atoms with Crippen molar-refractivity contribution in [1.29, 1.82) is 0 Å². The van der Waals surface area contributed by atoms with Crippen molar-refractivity contribution < 1.29 is 51.4 Å². The maximum atomic E-state index is 7.57. The van der Waals surface area contributed by atoms with Gasteiger partial charge in [-0.25, -0.2) is 0 Å². The molecule has 95 heavy (non-hydrogen) atoms. The first-order valence-corrected chi connectivity index (χ1v) is 31.5. The molecule has 0 radical (unpaired) electrons. The third kappa shape index (κ3) is 10.5. The molecule has 0 amide bonds. The first-order chi connectivity index (χ1) is 64.4. The van der Waals surface area contributed by atoms with Gasteiger partial charge >= 0.3 is 0 Å². The maximum Gasteiger partial charge on any atom is 0.0970 e. The number of aromatic nitrogens is 7. The van der Waals surface area contributed by atoms with E-state index < -0.39 is 0 Å². The Labute approximate surface area is 602 Å². The predicted octanol–water partition coefficient (Wildman–Crippen LogP) is 26.7. The Kier molecular flexibility index (Phi) is 10.3. The molecule has 7 heterocycles. The lowest BCUT2D eigenvalue weighted by Crippen LogP contribution is -1.88. The van der Waals surface area contributed by atoms with Gasteiger partial charge in [0, 0.05) is 156 Å². The fourth-order valence-corrected chi connectivity index (χ4v) is 13.8. The number of benzene rings is 13. The highest BCUT2D eigenvalue weighted by molar-refractivity contribution is 6.28. The average molecular weight is 1280 g/mol. The molecule has 0 unspecified atom stereocenters. The third-order valence-electron chi connectivity index (χ3n) is 18.1. The van der Waals surface area contributed by atoms with Crippen LogP contribution in [0.1, 0.15) is 79.2 Å². The van der Waals surface area contributed by atoms with Gasteiger partial charge in [-0.15, -0.1) is 0 Å². The summed E-state index contributed by atoms with van der Waals surface area (Å²) in [6, 6.07) is 81.0. The molecule has 0 saturated carbocycles. The van der Waals surface area contributed by atoms with Gasteiger partial charge in [0.1, 0.15) is 0 Å². The summed E-state index contributed by atoms with van der Waals surface area (Å²) < 4.78 is 188. The molecule has 20 rings (SSSR count). The van der Waals surface area contributed by atoms with Gasteiger partial charge in [-0.05, 0) is 169 Å². The van der Waals surface area contributed by atoms with E-state index in [1.807, 2.05) is 110 Å². The van der Waals surface area contributed by atoms with Crippen molar-refractivity contribution >= 4 is 162 Å². The lowest BCUT2D eigenvalue weighted by molar-refractivity contribution is 1.36. The molecule has 0 saturated heterocycles. The van der Waals surface area contributed by atoms with Crippen molar-refractivity contribution in [2.45, 2.75) is 34.5 Å². The molecular formula is C88H93N7. The van der Waals surface area contributed by atoms with E-state index in [2.05, 4.69) is 205 Å². The van der Waals surface area contributed by atoms with E-state index in [0.29, 0.717) is 34.5 Å². The minimum Gasteiger partial charge on any atom is -0.264 e. The molecule has 0 spiro atoms. The molecule has 0 aliphatic rings. The van der Waals surface area contributed by atoms with Gasteiger partial charge in [0.15, 0.2) is 0 Å². The topological polar surface area (TPSA) is 90.2 Å².